The molecule has 1 saturated heterocycles. The molecule has 0 amide bonds. The summed E-state index contributed by atoms with van der Waals surface area (Å²) in [6.45, 7) is 7.55. The van der Waals surface area contributed by atoms with Crippen molar-refractivity contribution in [2.45, 2.75) is 26.7 Å². The minimum absolute atomic E-state index is 0.127. The minimum Gasteiger partial charge on any atom is -0.302 e. The summed E-state index contributed by atoms with van der Waals surface area (Å²) in [5.74, 6) is 0.127. The summed E-state index contributed by atoms with van der Waals surface area (Å²) < 4.78 is 0.898. The molecular weight excluding hydrogens is 326 g/mol. The summed E-state index contributed by atoms with van der Waals surface area (Å²) >= 11 is 9.45. The average molecular weight is 345 g/mol. The number of rotatable bonds is 4. The van der Waals surface area contributed by atoms with Crippen LogP contribution in [-0.2, 0) is 0 Å². The number of hydrogen-bond acceptors (Lipinski definition) is 2. The Labute approximate surface area is 128 Å². The SMILES string of the molecule is CC1(C)CCN(CCC(=O)c2ccc(Br)cc2Cl)C1. The van der Waals surface area contributed by atoms with Crippen molar-refractivity contribution in [3.05, 3.63) is 33.3 Å². The van der Waals surface area contributed by atoms with Gasteiger partial charge in [-0.15, -0.1) is 0 Å². The zero-order valence-electron chi connectivity index (χ0n) is 11.4. The minimum atomic E-state index is 0.127. The fraction of sp³-hybridized carbons (Fsp3) is 0.533. The topological polar surface area (TPSA) is 20.3 Å². The molecule has 0 unspecified atom stereocenters. The molecule has 2 rings (SSSR count). The highest BCUT2D eigenvalue weighted by Crippen LogP contribution is 2.29. The Balaban J connectivity index is 1.91. The van der Waals surface area contributed by atoms with Crippen molar-refractivity contribution >= 4 is 33.3 Å². The fourth-order valence-corrected chi connectivity index (χ4v) is 3.30. The third-order valence-electron chi connectivity index (χ3n) is 3.64. The predicted octanol–water partition coefficient (Wildman–Crippen LogP) is 4.41. The number of ketones is 1. The van der Waals surface area contributed by atoms with Gasteiger partial charge in [-0.3, -0.25) is 4.79 Å². The van der Waals surface area contributed by atoms with E-state index in [0.29, 0.717) is 22.4 Å². The van der Waals surface area contributed by atoms with Gasteiger partial charge in [-0.25, -0.2) is 0 Å². The van der Waals surface area contributed by atoms with E-state index in [0.717, 1.165) is 24.1 Å². The van der Waals surface area contributed by atoms with Crippen LogP contribution < -0.4 is 0 Å². The fourth-order valence-electron chi connectivity index (χ4n) is 2.53. The summed E-state index contributed by atoms with van der Waals surface area (Å²) in [6, 6.07) is 5.43. The second-order valence-electron chi connectivity index (χ2n) is 5.99. The van der Waals surface area contributed by atoms with Crippen molar-refractivity contribution in [1.82, 2.24) is 4.90 Å². The first kappa shape index (κ1) is 15.0. The number of carbonyl (C=O) groups is 1. The van der Waals surface area contributed by atoms with Crippen LogP contribution in [0.15, 0.2) is 22.7 Å². The molecule has 4 heteroatoms. The van der Waals surface area contributed by atoms with Crippen molar-refractivity contribution < 1.29 is 4.79 Å². The molecule has 1 aromatic carbocycles. The van der Waals surface area contributed by atoms with Crippen LogP contribution in [0.4, 0.5) is 0 Å². The zero-order valence-corrected chi connectivity index (χ0v) is 13.7. The first-order chi connectivity index (χ1) is 8.87. The van der Waals surface area contributed by atoms with E-state index in [1.165, 1.54) is 6.42 Å². The second kappa shape index (κ2) is 5.94. The predicted molar refractivity (Wildman–Crippen MR) is 82.9 cm³/mol. The van der Waals surface area contributed by atoms with E-state index in [1.54, 1.807) is 12.1 Å². The Kier molecular flexibility index (Phi) is 4.70. The summed E-state index contributed by atoms with van der Waals surface area (Å²) in [5.41, 5.74) is 1.02. The molecule has 1 aromatic rings. The molecule has 19 heavy (non-hydrogen) atoms. The Hall–Kier alpha value is -0.380. The standard InChI is InChI=1S/C15H19BrClNO/c1-15(2)6-8-18(10-15)7-5-14(19)12-4-3-11(16)9-13(12)17/h3-4,9H,5-8,10H2,1-2H3. The van der Waals surface area contributed by atoms with E-state index in [9.17, 15) is 4.79 Å². The van der Waals surface area contributed by atoms with E-state index in [1.807, 2.05) is 6.07 Å². The number of Topliss-reactive ketones (excluding diaryl/α,β-unsaturated/α-hetero) is 1. The Bertz CT molecular complexity index is 487. The molecule has 104 valence electrons. The molecule has 0 N–H and O–H groups in total. The van der Waals surface area contributed by atoms with Gasteiger partial charge in [0.25, 0.3) is 0 Å². The summed E-state index contributed by atoms with van der Waals surface area (Å²) in [6.07, 6.45) is 1.75. The van der Waals surface area contributed by atoms with E-state index in [4.69, 9.17) is 11.6 Å². The van der Waals surface area contributed by atoms with Gasteiger partial charge in [0.15, 0.2) is 5.78 Å². The van der Waals surface area contributed by atoms with Gasteiger partial charge < -0.3 is 4.90 Å². The smallest absolute Gasteiger partial charge is 0.165 e. The number of halogens is 2. The molecule has 0 aliphatic carbocycles. The van der Waals surface area contributed by atoms with Crippen LogP contribution in [0, 0.1) is 5.41 Å². The van der Waals surface area contributed by atoms with Crippen molar-refractivity contribution in [3.63, 3.8) is 0 Å². The van der Waals surface area contributed by atoms with Crippen LogP contribution >= 0.6 is 27.5 Å². The van der Waals surface area contributed by atoms with Crippen LogP contribution in [0.25, 0.3) is 0 Å². The van der Waals surface area contributed by atoms with Gasteiger partial charge >= 0.3 is 0 Å². The van der Waals surface area contributed by atoms with Crippen molar-refractivity contribution in [1.29, 1.82) is 0 Å². The van der Waals surface area contributed by atoms with Crippen LogP contribution in [0.5, 0.6) is 0 Å². The molecule has 1 fully saturated rings. The number of hydrogen-bond donors (Lipinski definition) is 0. The molecule has 0 saturated carbocycles. The van der Waals surface area contributed by atoms with Crippen molar-refractivity contribution in [3.8, 4) is 0 Å². The van der Waals surface area contributed by atoms with Gasteiger partial charge in [0.1, 0.15) is 0 Å². The lowest BCUT2D eigenvalue weighted by Crippen LogP contribution is -2.26. The molecule has 0 aromatic heterocycles. The number of carbonyl (C=O) groups excluding carboxylic acids is 1. The Morgan fingerprint density at radius 1 is 1.47 bits per heavy atom. The molecule has 1 aliphatic heterocycles. The third kappa shape index (κ3) is 4.04. The maximum atomic E-state index is 12.2. The maximum absolute atomic E-state index is 12.2. The monoisotopic (exact) mass is 343 g/mol. The van der Waals surface area contributed by atoms with E-state index >= 15 is 0 Å². The number of benzene rings is 1. The van der Waals surface area contributed by atoms with Crippen LogP contribution in [0.2, 0.25) is 5.02 Å². The van der Waals surface area contributed by atoms with Gasteiger partial charge in [0.2, 0.25) is 0 Å². The van der Waals surface area contributed by atoms with Gasteiger partial charge in [-0.2, -0.15) is 0 Å². The lowest BCUT2D eigenvalue weighted by atomic mass is 9.93. The highest BCUT2D eigenvalue weighted by molar-refractivity contribution is 9.10. The molecule has 0 radical (unpaired) electrons. The van der Waals surface area contributed by atoms with Crippen LogP contribution in [0.3, 0.4) is 0 Å². The van der Waals surface area contributed by atoms with Gasteiger partial charge in [-0.05, 0) is 36.6 Å². The molecule has 0 bridgehead atoms. The second-order valence-corrected chi connectivity index (χ2v) is 7.31. The number of likely N-dealkylation sites (tertiary alicyclic amines) is 1. The average Bonchev–Trinajstić information content (AvgIpc) is 2.66. The maximum Gasteiger partial charge on any atom is 0.165 e. The van der Waals surface area contributed by atoms with Crippen LogP contribution in [0.1, 0.15) is 37.0 Å². The van der Waals surface area contributed by atoms with Gasteiger partial charge in [-0.1, -0.05) is 41.4 Å². The zero-order chi connectivity index (χ0) is 14.0. The lowest BCUT2D eigenvalue weighted by Gasteiger charge is -2.19. The highest BCUT2D eigenvalue weighted by Gasteiger charge is 2.29. The van der Waals surface area contributed by atoms with Gasteiger partial charge in [0, 0.05) is 29.5 Å². The summed E-state index contributed by atoms with van der Waals surface area (Å²) in [5, 5.41) is 0.529. The van der Waals surface area contributed by atoms with E-state index in [2.05, 4.69) is 34.7 Å². The third-order valence-corrected chi connectivity index (χ3v) is 4.45. The Morgan fingerprint density at radius 3 is 2.79 bits per heavy atom. The molecule has 2 nitrogen and oxygen atoms in total. The van der Waals surface area contributed by atoms with E-state index in [-0.39, 0.29) is 5.78 Å². The lowest BCUT2D eigenvalue weighted by molar-refractivity contribution is 0.0967. The Morgan fingerprint density at radius 2 is 2.21 bits per heavy atom. The van der Waals surface area contributed by atoms with Crippen molar-refractivity contribution in [2.24, 2.45) is 5.41 Å². The number of nitrogens with zero attached hydrogens (tertiary/aromatic N) is 1. The molecule has 1 aliphatic rings. The van der Waals surface area contributed by atoms with Crippen molar-refractivity contribution in [2.75, 3.05) is 19.6 Å². The summed E-state index contributed by atoms with van der Waals surface area (Å²) in [4.78, 5) is 14.5. The largest absolute Gasteiger partial charge is 0.302 e. The first-order valence-corrected chi connectivity index (χ1v) is 7.75. The van der Waals surface area contributed by atoms with E-state index < -0.39 is 0 Å². The first-order valence-electron chi connectivity index (χ1n) is 6.58. The van der Waals surface area contributed by atoms with Gasteiger partial charge in [0.05, 0.1) is 5.02 Å². The van der Waals surface area contributed by atoms with Crippen LogP contribution in [-0.4, -0.2) is 30.3 Å². The molecule has 0 atom stereocenters. The normalized spacial score (nSPS) is 18.7. The molecular formula is C15H19BrClNO. The quantitative estimate of drug-likeness (QED) is 0.754. The molecule has 1 heterocycles. The highest BCUT2D eigenvalue weighted by atomic mass is 79.9. The molecule has 0 spiro atoms. The summed E-state index contributed by atoms with van der Waals surface area (Å²) in [7, 11) is 0.